The lowest BCUT2D eigenvalue weighted by atomic mass is 10.1. The van der Waals surface area contributed by atoms with Crippen LogP contribution in [-0.2, 0) is 0 Å². The van der Waals surface area contributed by atoms with E-state index in [0.29, 0.717) is 0 Å². The molecule has 0 bridgehead atoms. The molecule has 1 atom stereocenters. The molecule has 0 spiro atoms. The molecule has 68 valence electrons. The first-order valence-corrected chi connectivity index (χ1v) is 6.75. The van der Waals surface area contributed by atoms with Crippen molar-refractivity contribution in [3.05, 3.63) is 0 Å². The minimum atomic E-state index is 0.773. The quantitative estimate of drug-likeness (QED) is 0.476. The fraction of sp³-hybridized carbons (Fsp3) is 1.00. The number of unbranched alkanes of at least 4 members (excludes halogenated alkanes) is 1. The van der Waals surface area contributed by atoms with E-state index in [9.17, 15) is 0 Å². The van der Waals surface area contributed by atoms with Gasteiger partial charge in [0.25, 0.3) is 0 Å². The molecule has 0 amide bonds. The van der Waals surface area contributed by atoms with E-state index in [0.717, 1.165) is 4.83 Å². The Kier molecular flexibility index (Phi) is 9.60. The highest BCUT2D eigenvalue weighted by Crippen LogP contribution is 2.15. The van der Waals surface area contributed by atoms with Crippen LogP contribution in [0.5, 0.6) is 0 Å². The lowest BCUT2D eigenvalue weighted by Gasteiger charge is -2.06. The third-order valence-electron chi connectivity index (χ3n) is 1.72. The predicted octanol–water partition coefficient (Wildman–Crippen LogP) is 4.08. The number of hydrogen-bond acceptors (Lipinski definition) is 1. The van der Waals surface area contributed by atoms with Gasteiger partial charge in [-0.1, -0.05) is 35.7 Å². The van der Waals surface area contributed by atoms with E-state index in [1.807, 2.05) is 11.8 Å². The van der Waals surface area contributed by atoms with E-state index in [1.54, 1.807) is 0 Å². The van der Waals surface area contributed by atoms with Crippen molar-refractivity contribution in [1.82, 2.24) is 0 Å². The highest BCUT2D eigenvalue weighted by molar-refractivity contribution is 9.09. The van der Waals surface area contributed by atoms with Gasteiger partial charge in [0.15, 0.2) is 0 Å². The van der Waals surface area contributed by atoms with Gasteiger partial charge >= 0.3 is 0 Å². The largest absolute Gasteiger partial charge is 0.165 e. The van der Waals surface area contributed by atoms with E-state index in [4.69, 9.17) is 0 Å². The van der Waals surface area contributed by atoms with Gasteiger partial charge in [-0.3, -0.25) is 0 Å². The topological polar surface area (TPSA) is 0 Å². The molecular formula is C9H19BrS. The summed E-state index contributed by atoms with van der Waals surface area (Å²) >= 11 is 5.63. The molecule has 0 aliphatic carbocycles. The molecule has 2 heteroatoms. The minimum absolute atomic E-state index is 0.773. The van der Waals surface area contributed by atoms with Crippen LogP contribution in [0, 0.1) is 0 Å². The molecule has 0 saturated heterocycles. The molecule has 0 fully saturated rings. The number of rotatable bonds is 7. The first-order valence-electron chi connectivity index (χ1n) is 4.44. The van der Waals surface area contributed by atoms with Crippen LogP contribution in [0.4, 0.5) is 0 Å². The van der Waals surface area contributed by atoms with Crippen molar-refractivity contribution in [2.75, 3.05) is 12.0 Å². The van der Waals surface area contributed by atoms with Gasteiger partial charge < -0.3 is 0 Å². The van der Waals surface area contributed by atoms with Gasteiger partial charge in [0.1, 0.15) is 0 Å². The molecular weight excluding hydrogens is 220 g/mol. The van der Waals surface area contributed by atoms with Crippen LogP contribution in [0.25, 0.3) is 0 Å². The van der Waals surface area contributed by atoms with Crippen molar-refractivity contribution in [3.63, 3.8) is 0 Å². The molecule has 0 aliphatic heterocycles. The van der Waals surface area contributed by atoms with Crippen LogP contribution in [0.1, 0.15) is 39.0 Å². The zero-order valence-corrected chi connectivity index (χ0v) is 10.0. The molecule has 0 aromatic carbocycles. The Bertz CT molecular complexity index is 76.0. The molecule has 0 rings (SSSR count). The summed E-state index contributed by atoms with van der Waals surface area (Å²) in [4.78, 5) is 0.773. The van der Waals surface area contributed by atoms with Gasteiger partial charge in [0, 0.05) is 4.83 Å². The number of thioether (sulfide) groups is 1. The first kappa shape index (κ1) is 11.8. The molecule has 0 N–H and O–H groups in total. The van der Waals surface area contributed by atoms with Crippen LogP contribution in [0.15, 0.2) is 0 Å². The van der Waals surface area contributed by atoms with Gasteiger partial charge in [0.2, 0.25) is 0 Å². The maximum Gasteiger partial charge on any atom is 0.0145 e. The van der Waals surface area contributed by atoms with Crippen LogP contribution >= 0.6 is 27.7 Å². The highest BCUT2D eigenvalue weighted by Gasteiger charge is 2.00. The Labute approximate surface area is 83.6 Å². The zero-order chi connectivity index (χ0) is 8.53. The second-order valence-corrected chi connectivity index (χ2v) is 5.16. The molecule has 0 aromatic rings. The second kappa shape index (κ2) is 8.92. The first-order chi connectivity index (χ1) is 5.31. The van der Waals surface area contributed by atoms with Gasteiger partial charge in [-0.15, -0.1) is 0 Å². The van der Waals surface area contributed by atoms with Crippen LogP contribution in [-0.4, -0.2) is 16.8 Å². The summed E-state index contributed by atoms with van der Waals surface area (Å²) < 4.78 is 0. The van der Waals surface area contributed by atoms with Gasteiger partial charge in [0.05, 0.1) is 0 Å². The Balaban J connectivity index is 2.97. The zero-order valence-electron chi connectivity index (χ0n) is 7.61. The number of halogens is 1. The minimum Gasteiger partial charge on any atom is -0.165 e. The van der Waals surface area contributed by atoms with Crippen molar-refractivity contribution >= 4 is 27.7 Å². The van der Waals surface area contributed by atoms with E-state index in [-0.39, 0.29) is 0 Å². The van der Waals surface area contributed by atoms with Crippen molar-refractivity contribution < 1.29 is 0 Å². The third-order valence-corrected chi connectivity index (χ3v) is 3.33. The second-order valence-electron chi connectivity index (χ2n) is 2.87. The number of alkyl halides is 1. The maximum absolute atomic E-state index is 3.68. The van der Waals surface area contributed by atoms with Crippen molar-refractivity contribution in [2.45, 2.75) is 43.9 Å². The van der Waals surface area contributed by atoms with Gasteiger partial charge in [-0.05, 0) is 31.3 Å². The van der Waals surface area contributed by atoms with Crippen molar-refractivity contribution in [2.24, 2.45) is 0 Å². The van der Waals surface area contributed by atoms with E-state index in [1.165, 1.54) is 37.9 Å². The van der Waals surface area contributed by atoms with Gasteiger partial charge in [-0.2, -0.15) is 11.8 Å². The molecule has 0 saturated carbocycles. The van der Waals surface area contributed by atoms with Crippen LogP contribution in [0.2, 0.25) is 0 Å². The SMILES string of the molecule is CCCC(Br)CCCCSC. The summed E-state index contributed by atoms with van der Waals surface area (Å²) in [5, 5.41) is 0. The standard InChI is InChI=1S/C9H19BrS/c1-3-6-9(10)7-4-5-8-11-2/h9H,3-8H2,1-2H3. The lowest BCUT2D eigenvalue weighted by molar-refractivity contribution is 0.649. The molecule has 0 radical (unpaired) electrons. The van der Waals surface area contributed by atoms with Crippen molar-refractivity contribution in [3.8, 4) is 0 Å². The van der Waals surface area contributed by atoms with E-state index in [2.05, 4.69) is 29.1 Å². The maximum atomic E-state index is 3.68. The average Bonchev–Trinajstić information content (AvgIpc) is 1.99. The summed E-state index contributed by atoms with van der Waals surface area (Å²) in [7, 11) is 0. The fourth-order valence-corrected chi connectivity index (χ4v) is 2.34. The van der Waals surface area contributed by atoms with E-state index >= 15 is 0 Å². The molecule has 0 nitrogen and oxygen atoms in total. The third kappa shape index (κ3) is 8.74. The fourth-order valence-electron chi connectivity index (χ4n) is 1.07. The number of hydrogen-bond donors (Lipinski definition) is 0. The molecule has 0 aliphatic rings. The molecule has 1 unspecified atom stereocenters. The summed E-state index contributed by atoms with van der Waals surface area (Å²) in [5.74, 6) is 1.33. The van der Waals surface area contributed by atoms with E-state index < -0.39 is 0 Å². The van der Waals surface area contributed by atoms with Gasteiger partial charge in [-0.25, -0.2) is 0 Å². The lowest BCUT2D eigenvalue weighted by Crippen LogP contribution is -1.96. The monoisotopic (exact) mass is 238 g/mol. The Morgan fingerprint density at radius 1 is 1.27 bits per heavy atom. The van der Waals surface area contributed by atoms with Crippen molar-refractivity contribution in [1.29, 1.82) is 0 Å². The smallest absolute Gasteiger partial charge is 0.0145 e. The normalized spacial score (nSPS) is 13.4. The average molecular weight is 239 g/mol. The summed E-state index contributed by atoms with van der Waals surface area (Å²) in [6.07, 6.45) is 8.94. The summed E-state index contributed by atoms with van der Waals surface area (Å²) in [5.41, 5.74) is 0. The predicted molar refractivity (Wildman–Crippen MR) is 59.9 cm³/mol. The molecule has 0 aromatic heterocycles. The Morgan fingerprint density at radius 3 is 2.55 bits per heavy atom. The highest BCUT2D eigenvalue weighted by atomic mass is 79.9. The molecule has 0 heterocycles. The summed E-state index contributed by atoms with van der Waals surface area (Å²) in [6, 6.07) is 0. The van der Waals surface area contributed by atoms with Crippen LogP contribution in [0.3, 0.4) is 0 Å². The van der Waals surface area contributed by atoms with Crippen LogP contribution < -0.4 is 0 Å². The Morgan fingerprint density at radius 2 is 2.00 bits per heavy atom. The summed E-state index contributed by atoms with van der Waals surface area (Å²) in [6.45, 7) is 2.25. The molecule has 11 heavy (non-hydrogen) atoms. The Hall–Kier alpha value is 0.830.